The maximum Gasteiger partial charge on any atom is 0.0541 e. The molecule has 0 aliphatic rings. The summed E-state index contributed by atoms with van der Waals surface area (Å²) in [5.41, 5.74) is 18.8. The van der Waals surface area contributed by atoms with E-state index < -0.39 is 0 Å². The predicted octanol–water partition coefficient (Wildman–Crippen LogP) is 21.2. The Balaban J connectivity index is 0.827. The number of hydrogen-bond acceptors (Lipinski definition) is 1. The van der Waals surface area contributed by atoms with Gasteiger partial charge in [0.15, 0.2) is 0 Å². The molecule has 2 heteroatoms. The van der Waals surface area contributed by atoms with Crippen LogP contribution in [0.1, 0.15) is 0 Å². The number of anilines is 3. The molecule has 0 amide bonds. The SMILES string of the molecule is c1ccc(-c2c3ccccc3c(-c3ccccc3)c3cc(-c4ccc(N(c5ccccc5)c5ccc(-n6c7ccc(-c8ccc9ccccc9c8)cc7c7cc(-c8ccc9ccccc9c8)ccc76)cc5)cc4)ccc23)cc1. The van der Waals surface area contributed by atoms with Crippen LogP contribution in [0.5, 0.6) is 0 Å². The van der Waals surface area contributed by atoms with E-state index in [0.29, 0.717) is 0 Å². The topological polar surface area (TPSA) is 8.17 Å². The Bertz CT molecular complexity index is 4610. The van der Waals surface area contributed by atoms with Crippen LogP contribution in [0.4, 0.5) is 17.1 Å². The number of benzene rings is 14. The van der Waals surface area contributed by atoms with E-state index in [1.807, 2.05) is 0 Å². The van der Waals surface area contributed by atoms with E-state index in [4.69, 9.17) is 0 Å². The Kier molecular flexibility index (Phi) is 10.9. The third kappa shape index (κ3) is 7.81. The van der Waals surface area contributed by atoms with Crippen molar-refractivity contribution in [3.63, 3.8) is 0 Å². The Morgan fingerprint density at radius 3 is 1.10 bits per heavy atom. The predicted molar refractivity (Wildman–Crippen MR) is 333 cm³/mol. The number of rotatable bonds is 9. The van der Waals surface area contributed by atoms with Gasteiger partial charge in [-0.3, -0.25) is 0 Å². The lowest BCUT2D eigenvalue weighted by Gasteiger charge is -2.26. The minimum absolute atomic E-state index is 1.08. The third-order valence-electron chi connectivity index (χ3n) is 15.9. The van der Waals surface area contributed by atoms with Gasteiger partial charge in [-0.1, -0.05) is 212 Å². The first kappa shape index (κ1) is 45.1. The van der Waals surface area contributed by atoms with Crippen molar-refractivity contribution in [2.45, 2.75) is 0 Å². The monoisotopic (exact) mass is 990 g/mol. The summed E-state index contributed by atoms with van der Waals surface area (Å²) < 4.78 is 2.43. The molecule has 0 aliphatic heterocycles. The first-order chi connectivity index (χ1) is 38.7. The molecule has 1 heterocycles. The van der Waals surface area contributed by atoms with Gasteiger partial charge in [-0.25, -0.2) is 0 Å². The van der Waals surface area contributed by atoms with Crippen molar-refractivity contribution >= 4 is 82.0 Å². The summed E-state index contributed by atoms with van der Waals surface area (Å²) in [5.74, 6) is 0. The van der Waals surface area contributed by atoms with Crippen molar-refractivity contribution in [3.8, 4) is 61.3 Å². The van der Waals surface area contributed by atoms with Crippen LogP contribution in [0, 0.1) is 0 Å². The van der Waals surface area contributed by atoms with Gasteiger partial charge in [-0.2, -0.15) is 0 Å². The first-order valence-corrected chi connectivity index (χ1v) is 26.9. The van der Waals surface area contributed by atoms with E-state index in [1.165, 1.54) is 115 Å². The molecule has 15 aromatic rings. The second kappa shape index (κ2) is 18.8. The average molecular weight is 991 g/mol. The van der Waals surface area contributed by atoms with Gasteiger partial charge in [0.2, 0.25) is 0 Å². The molecule has 0 saturated heterocycles. The van der Waals surface area contributed by atoms with Crippen LogP contribution < -0.4 is 4.90 Å². The molecule has 78 heavy (non-hydrogen) atoms. The molecule has 0 bridgehead atoms. The number of nitrogens with zero attached hydrogens (tertiary/aromatic N) is 2. The highest BCUT2D eigenvalue weighted by molar-refractivity contribution is 6.22. The van der Waals surface area contributed by atoms with Crippen molar-refractivity contribution in [1.82, 2.24) is 4.57 Å². The number of para-hydroxylation sites is 1. The van der Waals surface area contributed by atoms with E-state index in [2.05, 4.69) is 313 Å². The van der Waals surface area contributed by atoms with E-state index in [9.17, 15) is 0 Å². The van der Waals surface area contributed by atoms with Gasteiger partial charge in [0.25, 0.3) is 0 Å². The van der Waals surface area contributed by atoms with Crippen LogP contribution in [-0.4, -0.2) is 4.57 Å². The van der Waals surface area contributed by atoms with Crippen LogP contribution in [-0.2, 0) is 0 Å². The third-order valence-corrected chi connectivity index (χ3v) is 15.9. The van der Waals surface area contributed by atoms with Gasteiger partial charge in [-0.15, -0.1) is 0 Å². The molecule has 0 fully saturated rings. The van der Waals surface area contributed by atoms with Crippen molar-refractivity contribution < 1.29 is 0 Å². The zero-order valence-electron chi connectivity index (χ0n) is 42.8. The molecule has 0 radical (unpaired) electrons. The Morgan fingerprint density at radius 2 is 0.564 bits per heavy atom. The molecule has 1 aromatic heterocycles. The zero-order valence-corrected chi connectivity index (χ0v) is 42.8. The molecule has 2 nitrogen and oxygen atoms in total. The highest BCUT2D eigenvalue weighted by Crippen LogP contribution is 2.46. The number of aromatic nitrogens is 1. The standard InChI is InChI=1S/C76H50N2/c1-4-18-54(19-5-1)75-67-26-14-15-27-68(67)76(55-20-6-2-7-21-55)72-50-60(34-43-69(72)75)53-32-37-64(38-33-53)77(63-24-8-3-9-25-63)65-39-41-66(42-40-65)78-73-44-35-61(58-30-28-51-16-10-12-22-56(51)46-58)48-70(73)71-49-62(36-45-74(71)78)59-31-29-52-17-11-13-23-57(52)47-59/h1-50H. The summed E-state index contributed by atoms with van der Waals surface area (Å²) in [6, 6.07) is 111. The minimum atomic E-state index is 1.08. The van der Waals surface area contributed by atoms with Crippen LogP contribution >= 0.6 is 0 Å². The second-order valence-corrected chi connectivity index (χ2v) is 20.4. The van der Waals surface area contributed by atoms with Crippen molar-refractivity contribution in [2.24, 2.45) is 0 Å². The fourth-order valence-electron chi connectivity index (χ4n) is 12.2. The van der Waals surface area contributed by atoms with Crippen LogP contribution in [0.25, 0.3) is 126 Å². The lowest BCUT2D eigenvalue weighted by molar-refractivity contribution is 1.17. The zero-order chi connectivity index (χ0) is 51.5. The highest BCUT2D eigenvalue weighted by Gasteiger charge is 2.20. The summed E-state index contributed by atoms with van der Waals surface area (Å²) in [6.45, 7) is 0. The quantitative estimate of drug-likeness (QED) is 0.131. The highest BCUT2D eigenvalue weighted by atomic mass is 15.1. The minimum Gasteiger partial charge on any atom is -0.311 e. The number of hydrogen-bond donors (Lipinski definition) is 0. The van der Waals surface area contributed by atoms with Gasteiger partial charge < -0.3 is 9.47 Å². The van der Waals surface area contributed by atoms with Gasteiger partial charge in [0.05, 0.1) is 11.0 Å². The summed E-state index contributed by atoms with van der Waals surface area (Å²) in [4.78, 5) is 2.36. The summed E-state index contributed by atoms with van der Waals surface area (Å²) >= 11 is 0. The van der Waals surface area contributed by atoms with Crippen LogP contribution in [0.3, 0.4) is 0 Å². The summed E-state index contributed by atoms with van der Waals surface area (Å²) in [5, 5.41) is 12.4. The van der Waals surface area contributed by atoms with Gasteiger partial charge in [0.1, 0.15) is 0 Å². The Labute approximate surface area is 453 Å². The maximum absolute atomic E-state index is 2.43. The van der Waals surface area contributed by atoms with Crippen LogP contribution in [0.15, 0.2) is 303 Å². The molecule has 15 rings (SSSR count). The van der Waals surface area contributed by atoms with Crippen molar-refractivity contribution in [1.29, 1.82) is 0 Å². The first-order valence-electron chi connectivity index (χ1n) is 26.9. The van der Waals surface area contributed by atoms with Gasteiger partial charge in [0, 0.05) is 33.5 Å². The molecule has 0 aliphatic carbocycles. The van der Waals surface area contributed by atoms with Crippen LogP contribution in [0.2, 0.25) is 0 Å². The lowest BCUT2D eigenvalue weighted by atomic mass is 9.85. The maximum atomic E-state index is 2.43. The normalized spacial score (nSPS) is 11.6. The summed E-state index contributed by atoms with van der Waals surface area (Å²) in [7, 11) is 0. The largest absolute Gasteiger partial charge is 0.311 e. The summed E-state index contributed by atoms with van der Waals surface area (Å²) in [6.07, 6.45) is 0. The fourth-order valence-corrected chi connectivity index (χ4v) is 12.2. The van der Waals surface area contributed by atoms with E-state index in [1.54, 1.807) is 0 Å². The molecule has 0 unspecified atom stereocenters. The average Bonchev–Trinajstić information content (AvgIpc) is 3.97. The van der Waals surface area contributed by atoms with Crippen molar-refractivity contribution in [3.05, 3.63) is 303 Å². The molecule has 0 atom stereocenters. The molecule has 0 N–H and O–H groups in total. The van der Waals surface area contributed by atoms with E-state index >= 15 is 0 Å². The number of fused-ring (bicyclic) bond motifs is 7. The second-order valence-electron chi connectivity index (χ2n) is 20.4. The van der Waals surface area contributed by atoms with Crippen molar-refractivity contribution in [2.75, 3.05) is 4.90 Å². The van der Waals surface area contributed by atoms with E-state index in [0.717, 1.165) is 28.3 Å². The smallest absolute Gasteiger partial charge is 0.0541 e. The van der Waals surface area contributed by atoms with Gasteiger partial charge >= 0.3 is 0 Å². The molecule has 0 saturated carbocycles. The fraction of sp³-hybridized carbons (Fsp3) is 0. The van der Waals surface area contributed by atoms with E-state index in [-0.39, 0.29) is 0 Å². The van der Waals surface area contributed by atoms with Gasteiger partial charge in [-0.05, 0) is 190 Å². The molecule has 14 aromatic carbocycles. The molecular weight excluding hydrogens is 941 g/mol. The molecular formula is C76H50N2. The Hall–Kier alpha value is -10.3. The Morgan fingerprint density at radius 1 is 0.205 bits per heavy atom. The molecule has 364 valence electrons. The lowest BCUT2D eigenvalue weighted by Crippen LogP contribution is -2.10. The molecule has 0 spiro atoms.